The van der Waals surface area contributed by atoms with Crippen molar-refractivity contribution in [2.45, 2.75) is 32.7 Å². The molecule has 0 bridgehead atoms. The van der Waals surface area contributed by atoms with Crippen LogP contribution in [0.15, 0.2) is 36.4 Å². The number of rotatable bonds is 7. The first-order chi connectivity index (χ1) is 13.3. The molecule has 0 aliphatic carbocycles. The van der Waals surface area contributed by atoms with E-state index in [9.17, 15) is 9.90 Å². The highest BCUT2D eigenvalue weighted by Gasteiger charge is 2.20. The van der Waals surface area contributed by atoms with Gasteiger partial charge in [-0.3, -0.25) is 4.79 Å². The van der Waals surface area contributed by atoms with Gasteiger partial charge in [0.25, 0.3) is 0 Å². The number of nitrogens with zero attached hydrogens (tertiary/aromatic N) is 3. The van der Waals surface area contributed by atoms with Gasteiger partial charge in [-0.2, -0.15) is 0 Å². The number of aryl methyl sites for hydroxylation is 1. The van der Waals surface area contributed by atoms with E-state index in [1.54, 1.807) is 25.2 Å². The first kappa shape index (κ1) is 20.2. The van der Waals surface area contributed by atoms with Gasteiger partial charge in [0.05, 0.1) is 17.5 Å². The summed E-state index contributed by atoms with van der Waals surface area (Å²) < 4.78 is 0. The summed E-state index contributed by atoms with van der Waals surface area (Å²) in [6.07, 6.45) is 0.320. The van der Waals surface area contributed by atoms with Gasteiger partial charge in [-0.25, -0.2) is 9.97 Å². The predicted molar refractivity (Wildman–Crippen MR) is 115 cm³/mol. The second-order valence-corrected chi connectivity index (χ2v) is 8.58. The van der Waals surface area contributed by atoms with Crippen LogP contribution < -0.4 is 10.2 Å². The van der Waals surface area contributed by atoms with Crippen molar-refractivity contribution in [2.24, 2.45) is 0 Å². The maximum atomic E-state index is 12.2. The predicted octanol–water partition coefficient (Wildman–Crippen LogP) is 3.38. The molecule has 0 aliphatic rings. The van der Waals surface area contributed by atoms with E-state index < -0.39 is 5.54 Å². The Labute approximate surface area is 169 Å². The zero-order valence-corrected chi connectivity index (χ0v) is 17.5. The Bertz CT molecular complexity index is 969. The number of amides is 1. The fraction of sp³-hybridized carbons (Fsp3) is 0.381. The van der Waals surface area contributed by atoms with E-state index in [-0.39, 0.29) is 12.5 Å². The number of aliphatic hydroxyl groups is 1. The highest BCUT2D eigenvalue weighted by molar-refractivity contribution is 7.21. The van der Waals surface area contributed by atoms with E-state index in [2.05, 4.69) is 33.5 Å². The van der Waals surface area contributed by atoms with Gasteiger partial charge in [-0.15, -0.1) is 11.3 Å². The van der Waals surface area contributed by atoms with E-state index >= 15 is 0 Å². The van der Waals surface area contributed by atoms with Crippen molar-refractivity contribution in [2.75, 3.05) is 25.1 Å². The SMILES string of the molecule is Cc1nc(N(C)CCC(=O)NC(C)(C)CO)c2cc(-c3ccccc3)sc2n1. The van der Waals surface area contributed by atoms with E-state index in [4.69, 9.17) is 0 Å². The smallest absolute Gasteiger partial charge is 0.222 e. The summed E-state index contributed by atoms with van der Waals surface area (Å²) >= 11 is 1.65. The Kier molecular flexibility index (Phi) is 5.96. The zero-order valence-electron chi connectivity index (χ0n) is 16.7. The molecule has 0 spiro atoms. The number of carbonyl (C=O) groups is 1. The van der Waals surface area contributed by atoms with Crippen LogP contribution in [0.1, 0.15) is 26.1 Å². The molecule has 3 rings (SSSR count). The van der Waals surface area contributed by atoms with Crippen LogP contribution in [0, 0.1) is 6.92 Å². The third-order valence-corrected chi connectivity index (χ3v) is 5.53. The summed E-state index contributed by atoms with van der Waals surface area (Å²) in [5, 5.41) is 13.1. The number of aromatic nitrogens is 2. The number of thiophene rings is 1. The number of carbonyl (C=O) groups excluding carboxylic acids is 1. The standard InChI is InChI=1S/C21H26N4O2S/c1-14-22-19(25(4)11-10-18(27)24-21(2,3)13-26)16-12-17(28-20(16)23-14)15-8-6-5-7-9-15/h5-9,12,26H,10-11,13H2,1-4H3,(H,24,27). The minimum absolute atomic E-state index is 0.0942. The molecule has 0 radical (unpaired) electrons. The Morgan fingerprint density at radius 3 is 2.64 bits per heavy atom. The van der Waals surface area contributed by atoms with Gasteiger partial charge in [0.15, 0.2) is 0 Å². The van der Waals surface area contributed by atoms with E-state index in [0.29, 0.717) is 18.8 Å². The molecule has 0 saturated heterocycles. The number of fused-ring (bicyclic) bond motifs is 1. The van der Waals surface area contributed by atoms with Crippen LogP contribution in [0.25, 0.3) is 20.7 Å². The highest BCUT2D eigenvalue weighted by atomic mass is 32.1. The summed E-state index contributed by atoms with van der Waals surface area (Å²) in [5.74, 6) is 1.44. The van der Waals surface area contributed by atoms with Gasteiger partial charge in [0, 0.05) is 24.9 Å². The zero-order chi connectivity index (χ0) is 20.3. The molecule has 28 heavy (non-hydrogen) atoms. The molecule has 0 atom stereocenters. The maximum absolute atomic E-state index is 12.2. The summed E-state index contributed by atoms with van der Waals surface area (Å²) in [6, 6.07) is 12.3. The van der Waals surface area contributed by atoms with Gasteiger partial charge in [-0.1, -0.05) is 30.3 Å². The van der Waals surface area contributed by atoms with Crippen LogP contribution in [0.3, 0.4) is 0 Å². The van der Waals surface area contributed by atoms with Crippen molar-refractivity contribution in [3.05, 3.63) is 42.2 Å². The largest absolute Gasteiger partial charge is 0.394 e. The first-order valence-electron chi connectivity index (χ1n) is 9.26. The Morgan fingerprint density at radius 1 is 1.25 bits per heavy atom. The first-order valence-corrected chi connectivity index (χ1v) is 10.1. The van der Waals surface area contributed by atoms with Gasteiger partial charge in [0.2, 0.25) is 5.91 Å². The Morgan fingerprint density at radius 2 is 1.96 bits per heavy atom. The van der Waals surface area contributed by atoms with Crippen molar-refractivity contribution < 1.29 is 9.90 Å². The molecule has 2 aromatic heterocycles. The molecule has 6 nitrogen and oxygen atoms in total. The molecule has 0 aliphatic heterocycles. The molecule has 3 aromatic rings. The third kappa shape index (κ3) is 4.66. The van der Waals surface area contributed by atoms with E-state index in [1.165, 1.54) is 0 Å². The Hall–Kier alpha value is -2.51. The number of nitrogens with one attached hydrogen (secondary N) is 1. The van der Waals surface area contributed by atoms with Crippen LogP contribution in [0.2, 0.25) is 0 Å². The summed E-state index contributed by atoms with van der Waals surface area (Å²) in [7, 11) is 1.94. The molecule has 0 fully saturated rings. The van der Waals surface area contributed by atoms with Crippen molar-refractivity contribution >= 4 is 33.3 Å². The second-order valence-electron chi connectivity index (χ2n) is 7.55. The van der Waals surface area contributed by atoms with E-state index in [1.807, 2.05) is 37.1 Å². The number of benzene rings is 1. The molecule has 2 N–H and O–H groups in total. The van der Waals surface area contributed by atoms with Gasteiger partial charge in [-0.05, 0) is 32.4 Å². The van der Waals surface area contributed by atoms with Crippen LogP contribution >= 0.6 is 11.3 Å². The summed E-state index contributed by atoms with van der Waals surface area (Å²) in [6.45, 7) is 5.90. The molecular weight excluding hydrogens is 372 g/mol. The quantitative estimate of drug-likeness (QED) is 0.638. The van der Waals surface area contributed by atoms with Crippen molar-refractivity contribution in [3.63, 3.8) is 0 Å². The fourth-order valence-corrected chi connectivity index (χ4v) is 3.98. The highest BCUT2D eigenvalue weighted by Crippen LogP contribution is 2.36. The van der Waals surface area contributed by atoms with Crippen molar-refractivity contribution in [3.8, 4) is 10.4 Å². The fourth-order valence-electron chi connectivity index (χ4n) is 2.90. The number of anilines is 1. The van der Waals surface area contributed by atoms with Crippen molar-refractivity contribution in [1.82, 2.24) is 15.3 Å². The van der Waals surface area contributed by atoms with Gasteiger partial charge < -0.3 is 15.3 Å². The normalized spacial score (nSPS) is 11.6. The average Bonchev–Trinajstić information content (AvgIpc) is 3.09. The molecule has 1 amide bonds. The summed E-state index contributed by atoms with van der Waals surface area (Å²) in [5.41, 5.74) is 0.536. The van der Waals surface area contributed by atoms with Crippen LogP contribution in [-0.4, -0.2) is 46.7 Å². The third-order valence-electron chi connectivity index (χ3n) is 4.45. The lowest BCUT2D eigenvalue weighted by atomic mass is 10.1. The lowest BCUT2D eigenvalue weighted by molar-refractivity contribution is -0.122. The molecule has 7 heteroatoms. The van der Waals surface area contributed by atoms with Crippen LogP contribution in [-0.2, 0) is 4.79 Å². The number of hydrogen-bond acceptors (Lipinski definition) is 6. The lowest BCUT2D eigenvalue weighted by Gasteiger charge is -2.25. The second kappa shape index (κ2) is 8.24. The molecule has 0 saturated carbocycles. The Balaban J connectivity index is 1.82. The lowest BCUT2D eigenvalue weighted by Crippen LogP contribution is -2.47. The molecule has 1 aromatic carbocycles. The van der Waals surface area contributed by atoms with Gasteiger partial charge >= 0.3 is 0 Å². The number of aliphatic hydroxyl groups excluding tert-OH is 1. The topological polar surface area (TPSA) is 78.4 Å². The molecule has 2 heterocycles. The minimum atomic E-state index is -0.619. The monoisotopic (exact) mass is 398 g/mol. The summed E-state index contributed by atoms with van der Waals surface area (Å²) in [4.78, 5) is 25.5. The molecular formula is C21H26N4O2S. The average molecular weight is 399 g/mol. The molecule has 0 unspecified atom stereocenters. The van der Waals surface area contributed by atoms with Crippen LogP contribution in [0.4, 0.5) is 5.82 Å². The van der Waals surface area contributed by atoms with E-state index in [0.717, 1.165) is 26.5 Å². The minimum Gasteiger partial charge on any atom is -0.394 e. The van der Waals surface area contributed by atoms with Crippen molar-refractivity contribution in [1.29, 1.82) is 0 Å². The maximum Gasteiger partial charge on any atom is 0.222 e. The number of hydrogen-bond donors (Lipinski definition) is 2. The molecule has 148 valence electrons. The van der Waals surface area contributed by atoms with Crippen LogP contribution in [0.5, 0.6) is 0 Å². The van der Waals surface area contributed by atoms with Gasteiger partial charge in [0.1, 0.15) is 16.5 Å².